The Hall–Kier alpha value is -5.74. The molecule has 4 nitrogen and oxygen atoms in total. The average molecular weight is 795 g/mol. The van der Waals surface area contributed by atoms with E-state index < -0.39 is 10.8 Å². The summed E-state index contributed by atoms with van der Waals surface area (Å²) in [5.74, 6) is 0.514. The molecule has 0 saturated heterocycles. The Kier molecular flexibility index (Phi) is 12.1. The second kappa shape index (κ2) is 17.1. The molecule has 2 atom stereocenters. The molecular formula is C56H62N2O2. The molecule has 0 aliphatic heterocycles. The number of aliphatic imine (C=N–C) groups is 2. The molecule has 0 radical (unpaired) electrons. The van der Waals surface area contributed by atoms with Crippen LogP contribution in [0.1, 0.15) is 137 Å². The summed E-state index contributed by atoms with van der Waals surface area (Å²) in [6.45, 7) is 17.7. The van der Waals surface area contributed by atoms with Crippen LogP contribution in [0.5, 0.6) is 11.5 Å². The van der Waals surface area contributed by atoms with Gasteiger partial charge in [-0.3, -0.25) is 9.98 Å². The van der Waals surface area contributed by atoms with Gasteiger partial charge in [-0.2, -0.15) is 0 Å². The van der Waals surface area contributed by atoms with Gasteiger partial charge in [0.05, 0.1) is 12.1 Å². The molecule has 7 rings (SSSR count). The molecular weight excluding hydrogens is 733 g/mol. The van der Waals surface area contributed by atoms with Crippen molar-refractivity contribution in [2.75, 3.05) is 0 Å². The van der Waals surface area contributed by atoms with Gasteiger partial charge < -0.3 is 10.2 Å². The summed E-state index contributed by atoms with van der Waals surface area (Å²) in [6, 6.07) is 50.4. The van der Waals surface area contributed by atoms with E-state index in [9.17, 15) is 10.2 Å². The van der Waals surface area contributed by atoms with Crippen LogP contribution in [0.4, 0.5) is 0 Å². The molecule has 1 fully saturated rings. The van der Waals surface area contributed by atoms with Crippen molar-refractivity contribution >= 4 is 12.4 Å². The van der Waals surface area contributed by atoms with Crippen molar-refractivity contribution < 1.29 is 10.2 Å². The molecule has 0 unspecified atom stereocenters. The third-order valence-corrected chi connectivity index (χ3v) is 13.6. The molecule has 4 heteroatoms. The molecule has 6 aromatic carbocycles. The van der Waals surface area contributed by atoms with Gasteiger partial charge in [0.2, 0.25) is 0 Å². The van der Waals surface area contributed by atoms with E-state index in [0.29, 0.717) is 11.1 Å². The Bertz CT molecular complexity index is 2270. The van der Waals surface area contributed by atoms with Crippen LogP contribution in [0.25, 0.3) is 0 Å². The second-order valence-corrected chi connectivity index (χ2v) is 18.9. The van der Waals surface area contributed by atoms with E-state index in [1.807, 2.05) is 24.6 Å². The van der Waals surface area contributed by atoms with Gasteiger partial charge in [0.1, 0.15) is 11.5 Å². The molecule has 2 N–H and O–H groups in total. The summed E-state index contributed by atoms with van der Waals surface area (Å²) in [5.41, 5.74) is 8.52. The van der Waals surface area contributed by atoms with Gasteiger partial charge in [0, 0.05) is 56.3 Å². The number of hydrogen-bond acceptors (Lipinski definition) is 4. The minimum absolute atomic E-state index is 0.0721. The maximum absolute atomic E-state index is 12.1. The van der Waals surface area contributed by atoms with Crippen LogP contribution in [-0.4, -0.2) is 34.7 Å². The highest BCUT2D eigenvalue weighted by atomic mass is 16.3. The van der Waals surface area contributed by atoms with Gasteiger partial charge in [0.15, 0.2) is 0 Å². The number of phenolic OH excluding ortho intramolecular Hbond substituents is 2. The predicted octanol–water partition coefficient (Wildman–Crippen LogP) is 13.3. The fourth-order valence-electron chi connectivity index (χ4n) is 9.04. The highest BCUT2D eigenvalue weighted by Gasteiger charge is 2.34. The van der Waals surface area contributed by atoms with Gasteiger partial charge in [0.25, 0.3) is 0 Å². The van der Waals surface area contributed by atoms with Gasteiger partial charge in [-0.05, 0) is 58.4 Å². The lowest BCUT2D eigenvalue weighted by molar-refractivity contribution is 0.390. The van der Waals surface area contributed by atoms with Crippen molar-refractivity contribution in [1.29, 1.82) is 0 Å². The molecule has 0 spiro atoms. The summed E-state index contributed by atoms with van der Waals surface area (Å²) in [4.78, 5) is 10.5. The fraction of sp³-hybridized carbons (Fsp3) is 0.321. The zero-order chi connectivity index (χ0) is 42.7. The van der Waals surface area contributed by atoms with E-state index in [2.05, 4.69) is 189 Å². The van der Waals surface area contributed by atoms with Crippen LogP contribution in [-0.2, 0) is 21.7 Å². The molecule has 0 aromatic heterocycles. The maximum atomic E-state index is 12.1. The Morgan fingerprint density at radius 3 is 0.983 bits per heavy atom. The molecule has 1 aliphatic rings. The van der Waals surface area contributed by atoms with Gasteiger partial charge in [-0.1, -0.05) is 202 Å². The predicted molar refractivity (Wildman–Crippen MR) is 252 cm³/mol. The number of aromatic hydroxyl groups is 2. The highest BCUT2D eigenvalue weighted by molar-refractivity contribution is 5.87. The monoisotopic (exact) mass is 794 g/mol. The van der Waals surface area contributed by atoms with Crippen LogP contribution >= 0.6 is 0 Å². The zero-order valence-electron chi connectivity index (χ0n) is 36.8. The molecule has 0 amide bonds. The van der Waals surface area contributed by atoms with Crippen LogP contribution in [0.3, 0.4) is 0 Å². The first-order valence-corrected chi connectivity index (χ1v) is 21.7. The fourth-order valence-corrected chi connectivity index (χ4v) is 9.04. The van der Waals surface area contributed by atoms with Crippen molar-refractivity contribution in [3.63, 3.8) is 0 Å². The molecule has 6 aromatic rings. The minimum atomic E-state index is -0.464. The normalized spacial score (nSPS) is 16.7. The maximum Gasteiger partial charge on any atom is 0.128 e. The van der Waals surface area contributed by atoms with Crippen LogP contribution < -0.4 is 0 Å². The first kappa shape index (κ1) is 42.4. The van der Waals surface area contributed by atoms with Gasteiger partial charge in [-0.15, -0.1) is 0 Å². The summed E-state index contributed by atoms with van der Waals surface area (Å²) >= 11 is 0. The molecule has 1 saturated carbocycles. The Balaban J connectivity index is 1.28. The quantitative estimate of drug-likeness (QED) is 0.121. The SMILES string of the molecule is CC(C)(c1ccccc1)c1cc(C=N[C@H]2CCCC[C@H]2N=Cc2cc(C(C)(C)c3ccccc3)cc(C(C)(C)c3ccccc3)c2O)c(O)c(C(C)(C)c2ccccc2)c1. The molecule has 60 heavy (non-hydrogen) atoms. The topological polar surface area (TPSA) is 65.2 Å². The molecule has 0 heterocycles. The van der Waals surface area contributed by atoms with Crippen molar-refractivity contribution in [2.24, 2.45) is 9.98 Å². The number of phenols is 2. The first-order chi connectivity index (χ1) is 28.6. The van der Waals surface area contributed by atoms with E-state index in [1.165, 1.54) is 11.1 Å². The van der Waals surface area contributed by atoms with Gasteiger partial charge >= 0.3 is 0 Å². The third-order valence-electron chi connectivity index (χ3n) is 13.6. The van der Waals surface area contributed by atoms with Gasteiger partial charge in [-0.25, -0.2) is 0 Å². The van der Waals surface area contributed by atoms with Crippen molar-refractivity contribution in [1.82, 2.24) is 0 Å². The van der Waals surface area contributed by atoms with E-state index >= 15 is 0 Å². The number of hydrogen-bond donors (Lipinski definition) is 2. The number of nitrogens with zero attached hydrogens (tertiary/aromatic N) is 2. The van der Waals surface area contributed by atoms with Crippen molar-refractivity contribution in [3.8, 4) is 11.5 Å². The lowest BCUT2D eigenvalue weighted by Gasteiger charge is -2.32. The van der Waals surface area contributed by atoms with Crippen molar-refractivity contribution in [3.05, 3.63) is 201 Å². The number of benzene rings is 6. The third kappa shape index (κ3) is 8.48. The summed E-state index contributed by atoms with van der Waals surface area (Å²) in [5, 5.41) is 24.2. The highest BCUT2D eigenvalue weighted by Crippen LogP contribution is 2.44. The Morgan fingerprint density at radius 1 is 0.400 bits per heavy atom. The lowest BCUT2D eigenvalue weighted by Crippen LogP contribution is -2.27. The average Bonchev–Trinajstić information content (AvgIpc) is 3.27. The summed E-state index contributed by atoms with van der Waals surface area (Å²) in [7, 11) is 0. The molecule has 308 valence electrons. The number of rotatable bonds is 12. The lowest BCUT2D eigenvalue weighted by atomic mass is 9.72. The van der Waals surface area contributed by atoms with Crippen LogP contribution in [0.2, 0.25) is 0 Å². The molecule has 1 aliphatic carbocycles. The van der Waals surface area contributed by atoms with E-state index in [1.54, 1.807) is 0 Å². The second-order valence-electron chi connectivity index (χ2n) is 18.9. The van der Waals surface area contributed by atoms with Crippen molar-refractivity contribution in [2.45, 2.75) is 115 Å². The van der Waals surface area contributed by atoms with E-state index in [4.69, 9.17) is 9.98 Å². The largest absolute Gasteiger partial charge is 0.507 e. The molecule has 0 bridgehead atoms. The summed E-state index contributed by atoms with van der Waals surface area (Å²) < 4.78 is 0. The first-order valence-electron chi connectivity index (χ1n) is 21.7. The van der Waals surface area contributed by atoms with E-state index in [-0.39, 0.29) is 34.4 Å². The van der Waals surface area contributed by atoms with Crippen LogP contribution in [0, 0.1) is 0 Å². The van der Waals surface area contributed by atoms with Crippen LogP contribution in [0.15, 0.2) is 156 Å². The standard InChI is InChI=1S/C56H62N2O2/c1-53(2,41-23-13-9-14-24-41)45-33-39(51(59)47(35-45)55(5,6)43-27-17-11-18-28-43)37-57-49-31-21-22-32-50(49)58-38-40-34-46(54(3,4)42-25-15-10-16-26-42)36-48(52(40)60)56(7,8)44-29-19-12-20-30-44/h9-20,23-30,33-38,49-50,59-60H,21-22,31-32H2,1-8H3/t49-,50+. The Morgan fingerprint density at radius 2 is 0.683 bits per heavy atom. The minimum Gasteiger partial charge on any atom is -0.507 e. The smallest absolute Gasteiger partial charge is 0.128 e. The Labute approximate surface area is 358 Å². The summed E-state index contributed by atoms with van der Waals surface area (Å²) in [6.07, 6.45) is 7.71. The van der Waals surface area contributed by atoms with E-state index in [0.717, 1.165) is 59.1 Å². The zero-order valence-corrected chi connectivity index (χ0v) is 36.8.